The van der Waals surface area contributed by atoms with Gasteiger partial charge in [0.15, 0.2) is 0 Å². The van der Waals surface area contributed by atoms with Crippen LogP contribution in [0.25, 0.3) is 127 Å². The molecule has 5 aromatic heterocycles. The normalized spacial score (nSPS) is 12.7. The van der Waals surface area contributed by atoms with E-state index in [1.165, 1.54) is 49.4 Å². The van der Waals surface area contributed by atoms with E-state index < -0.39 is 0 Å². The number of hydrogen-bond donors (Lipinski definition) is 1. The average molecular weight is 1180 g/mol. The van der Waals surface area contributed by atoms with Gasteiger partial charge >= 0.3 is 0 Å². The zero-order valence-electron chi connectivity index (χ0n) is 45.2. The molecule has 1 N–H and O–H groups in total. The summed E-state index contributed by atoms with van der Waals surface area (Å²) in [4.78, 5) is 11.6. The summed E-state index contributed by atoms with van der Waals surface area (Å²) in [5.41, 5.74) is 19.4. The van der Waals surface area contributed by atoms with Gasteiger partial charge in [0.05, 0.1) is 39.0 Å². The minimum atomic E-state index is -0.344. The molecular weight excluding hydrogens is 1120 g/mol. The monoisotopic (exact) mass is 1180 g/mol. The standard InChI is InChI=1S/C70H60N5O.Pt/c1-39(2)50-33-42(41-21-12-11-13-22-41)34-51(40(3)4)65(50)75-60-32-20-26-47(63(60)72-68(75)55-35-43(69(5,6)7)36-56(66(55)76)70(8,9)10)46-25-19-31-59-62(46)71-67-54-37-53-49-28-18-27-48-44-23-14-16-29-57(44)73(64(48)49)61(53)38-52(54)45-24-15-17-30-58(45)74(59)67;/h11-36,38-40,76H,1-10H3;/q-1;. The fraction of sp³-hybridized carbons (Fsp3) is 0.200. The largest absolute Gasteiger partial charge is 0.507 e. The number of pyridine rings is 1. The first-order valence-electron chi connectivity index (χ1n) is 27.0. The Bertz CT molecular complexity index is 4700. The first kappa shape index (κ1) is 48.8. The Kier molecular flexibility index (Phi) is 11.0. The smallest absolute Gasteiger partial charge is 0.149 e. The van der Waals surface area contributed by atoms with Gasteiger partial charge in [0.1, 0.15) is 11.6 Å². The summed E-state index contributed by atoms with van der Waals surface area (Å²) in [6, 6.07) is 63.6. The second-order valence-corrected chi connectivity index (χ2v) is 23.9. The second-order valence-electron chi connectivity index (χ2n) is 23.9. The topological polar surface area (TPSA) is 59.8 Å². The van der Waals surface area contributed by atoms with Crippen molar-refractivity contribution in [2.75, 3.05) is 0 Å². The van der Waals surface area contributed by atoms with Gasteiger partial charge in [-0.2, -0.15) is 0 Å². The molecule has 14 rings (SSSR count). The van der Waals surface area contributed by atoms with E-state index in [0.29, 0.717) is 5.82 Å². The molecule has 0 aliphatic heterocycles. The third kappa shape index (κ3) is 7.17. The molecule has 7 heteroatoms. The summed E-state index contributed by atoms with van der Waals surface area (Å²) in [6.45, 7) is 22.5. The number of aromatic hydroxyl groups is 1. The maximum atomic E-state index is 12.8. The molecule has 0 aliphatic rings. The van der Waals surface area contributed by atoms with Crippen LogP contribution < -0.4 is 0 Å². The number of phenols is 1. The number of fused-ring (bicyclic) bond motifs is 15. The summed E-state index contributed by atoms with van der Waals surface area (Å²) >= 11 is 0. The van der Waals surface area contributed by atoms with Crippen LogP contribution in [0.3, 0.4) is 0 Å². The van der Waals surface area contributed by atoms with E-state index in [9.17, 15) is 5.11 Å². The number of aromatic nitrogens is 5. The van der Waals surface area contributed by atoms with E-state index >= 15 is 0 Å². The molecular formula is C70H60N5OPt-. The molecule has 0 aliphatic carbocycles. The Hall–Kier alpha value is -7.79. The van der Waals surface area contributed by atoms with Crippen LogP contribution in [-0.2, 0) is 31.9 Å². The molecule has 14 aromatic rings. The Balaban J connectivity index is 0.00000566. The van der Waals surface area contributed by atoms with Crippen LogP contribution in [0.15, 0.2) is 164 Å². The first-order chi connectivity index (χ1) is 36.6. The maximum Gasteiger partial charge on any atom is 0.149 e. The maximum absolute atomic E-state index is 12.8. The van der Waals surface area contributed by atoms with E-state index in [4.69, 9.17) is 9.97 Å². The van der Waals surface area contributed by atoms with Crippen LogP contribution in [0.1, 0.15) is 103 Å². The van der Waals surface area contributed by atoms with Crippen molar-refractivity contribution in [1.82, 2.24) is 23.3 Å². The average Bonchev–Trinajstić information content (AvgIpc) is 4.31. The van der Waals surface area contributed by atoms with Crippen molar-refractivity contribution in [3.8, 4) is 45.1 Å². The summed E-state index contributed by atoms with van der Waals surface area (Å²) in [5, 5.41) is 20.9. The number of nitrogens with zero attached hydrogens (tertiary/aromatic N) is 5. The number of para-hydroxylation sites is 5. The van der Waals surface area contributed by atoms with Gasteiger partial charge in [0.25, 0.3) is 0 Å². The van der Waals surface area contributed by atoms with E-state index in [2.05, 4.69) is 252 Å². The Morgan fingerprint density at radius 2 is 1.03 bits per heavy atom. The van der Waals surface area contributed by atoms with Gasteiger partial charge in [-0.1, -0.05) is 212 Å². The summed E-state index contributed by atoms with van der Waals surface area (Å²) in [6.07, 6.45) is 0. The van der Waals surface area contributed by atoms with E-state index in [0.717, 1.165) is 93.8 Å². The van der Waals surface area contributed by atoms with E-state index in [1.807, 2.05) is 0 Å². The Morgan fingerprint density at radius 1 is 0.468 bits per heavy atom. The van der Waals surface area contributed by atoms with E-state index in [1.54, 1.807) is 0 Å². The molecule has 0 bridgehead atoms. The fourth-order valence-electron chi connectivity index (χ4n) is 12.6. The van der Waals surface area contributed by atoms with Gasteiger partial charge in [0, 0.05) is 65.1 Å². The predicted octanol–water partition coefficient (Wildman–Crippen LogP) is 18.6. The molecule has 382 valence electrons. The minimum absolute atomic E-state index is 0. The third-order valence-corrected chi connectivity index (χ3v) is 16.3. The van der Waals surface area contributed by atoms with Gasteiger partial charge in [-0.15, -0.1) is 6.07 Å². The number of rotatable bonds is 6. The van der Waals surface area contributed by atoms with Crippen LogP contribution in [-0.4, -0.2) is 28.4 Å². The number of benzene rings is 9. The van der Waals surface area contributed by atoms with Crippen molar-refractivity contribution in [1.29, 1.82) is 0 Å². The van der Waals surface area contributed by atoms with Crippen molar-refractivity contribution in [2.24, 2.45) is 0 Å². The van der Waals surface area contributed by atoms with Gasteiger partial charge in [0.2, 0.25) is 0 Å². The molecule has 0 fully saturated rings. The third-order valence-electron chi connectivity index (χ3n) is 16.3. The number of phenolic OH excluding ortho intramolecular Hbond substituents is 1. The Morgan fingerprint density at radius 3 is 1.68 bits per heavy atom. The second kappa shape index (κ2) is 17.4. The molecule has 0 radical (unpaired) electrons. The minimum Gasteiger partial charge on any atom is -0.507 e. The van der Waals surface area contributed by atoms with Crippen molar-refractivity contribution >= 4 is 87.5 Å². The quantitative estimate of drug-likeness (QED) is 0.133. The van der Waals surface area contributed by atoms with Crippen molar-refractivity contribution in [3.63, 3.8) is 0 Å². The Labute approximate surface area is 463 Å². The summed E-state index contributed by atoms with van der Waals surface area (Å²) in [5.74, 6) is 1.30. The fourth-order valence-corrected chi connectivity index (χ4v) is 12.6. The summed E-state index contributed by atoms with van der Waals surface area (Å²) in [7, 11) is 0. The molecule has 5 heterocycles. The molecule has 0 saturated heterocycles. The molecule has 6 nitrogen and oxygen atoms in total. The van der Waals surface area contributed by atoms with Crippen LogP contribution in [0, 0.1) is 6.07 Å². The van der Waals surface area contributed by atoms with Crippen molar-refractivity contribution in [3.05, 3.63) is 192 Å². The molecule has 0 saturated carbocycles. The van der Waals surface area contributed by atoms with Crippen molar-refractivity contribution < 1.29 is 26.2 Å². The SMILES string of the molecule is CC(C)c1cc(-c2ccccc2)cc(C(C)C)c1-n1c(-c2cc(C(C)(C)C)cc(C(C)(C)C)c2O)nc2c(-c3cccc4c3nc3c5[c-]c6c7cccc8c9ccccc9n(c6cc5c5ccccc5n43)c78)cccc21.[Pt]. The van der Waals surface area contributed by atoms with E-state index in [-0.39, 0.29) is 49.5 Å². The van der Waals surface area contributed by atoms with Crippen LogP contribution in [0.2, 0.25) is 0 Å². The number of imidazole rings is 2. The number of hydrogen-bond acceptors (Lipinski definition) is 3. The van der Waals surface area contributed by atoms with Crippen LogP contribution in [0.5, 0.6) is 5.75 Å². The first-order valence-corrected chi connectivity index (χ1v) is 27.0. The predicted molar refractivity (Wildman–Crippen MR) is 319 cm³/mol. The summed E-state index contributed by atoms with van der Waals surface area (Å²) < 4.78 is 7.16. The molecule has 0 unspecified atom stereocenters. The van der Waals surface area contributed by atoms with Gasteiger partial charge in [-0.25, -0.2) is 4.98 Å². The van der Waals surface area contributed by atoms with Crippen LogP contribution >= 0.6 is 0 Å². The molecule has 0 atom stereocenters. The molecule has 9 aromatic carbocycles. The zero-order chi connectivity index (χ0) is 52.3. The van der Waals surface area contributed by atoms with Gasteiger partial charge in [-0.3, -0.25) is 9.55 Å². The van der Waals surface area contributed by atoms with Crippen molar-refractivity contribution in [2.45, 2.75) is 91.9 Å². The van der Waals surface area contributed by atoms with Gasteiger partial charge in [-0.05, 0) is 104 Å². The van der Waals surface area contributed by atoms with Gasteiger partial charge < -0.3 is 13.9 Å². The molecule has 0 amide bonds. The molecule has 77 heavy (non-hydrogen) atoms. The van der Waals surface area contributed by atoms with Crippen LogP contribution in [0.4, 0.5) is 0 Å². The zero-order valence-corrected chi connectivity index (χ0v) is 47.5. The molecule has 0 spiro atoms.